The summed E-state index contributed by atoms with van der Waals surface area (Å²) in [5.41, 5.74) is 1.06. The van der Waals surface area contributed by atoms with Gasteiger partial charge in [0.2, 0.25) is 5.91 Å². The van der Waals surface area contributed by atoms with Crippen LogP contribution in [-0.4, -0.2) is 40.3 Å². The van der Waals surface area contributed by atoms with Gasteiger partial charge in [-0.05, 0) is 18.8 Å². The molecule has 5 nitrogen and oxygen atoms in total. The molecule has 0 aromatic carbocycles. The van der Waals surface area contributed by atoms with E-state index in [4.69, 9.17) is 4.74 Å². The summed E-state index contributed by atoms with van der Waals surface area (Å²) in [6.45, 7) is 5.63. The number of amides is 1. The van der Waals surface area contributed by atoms with Crippen molar-refractivity contribution in [3.63, 3.8) is 0 Å². The van der Waals surface area contributed by atoms with Gasteiger partial charge in [-0.25, -0.2) is 0 Å². The van der Waals surface area contributed by atoms with Gasteiger partial charge in [0.15, 0.2) is 0 Å². The number of aromatic nitrogens is 2. The first kappa shape index (κ1) is 15.0. The van der Waals surface area contributed by atoms with E-state index in [0.29, 0.717) is 12.5 Å². The number of aryl methyl sites for hydroxylation is 1. The normalized spacial score (nSPS) is 23.1. The van der Waals surface area contributed by atoms with Crippen molar-refractivity contribution in [2.45, 2.75) is 39.3 Å². The Morgan fingerprint density at radius 2 is 2.35 bits per heavy atom. The largest absolute Gasteiger partial charge is 0.377 e. The predicted octanol–water partition coefficient (Wildman–Crippen LogP) is 1.83. The maximum Gasteiger partial charge on any atom is 0.228 e. The molecule has 1 aliphatic rings. The lowest BCUT2D eigenvalue weighted by Gasteiger charge is -2.35. The van der Waals surface area contributed by atoms with Crippen LogP contribution in [0.15, 0.2) is 12.4 Å². The molecule has 2 atom stereocenters. The Labute approximate surface area is 120 Å². The molecule has 0 spiro atoms. The summed E-state index contributed by atoms with van der Waals surface area (Å²) in [6, 6.07) is 0. The van der Waals surface area contributed by atoms with Crippen LogP contribution in [0.4, 0.5) is 0 Å². The van der Waals surface area contributed by atoms with E-state index in [0.717, 1.165) is 25.0 Å². The number of nitrogens with zero attached hydrogens (tertiary/aromatic N) is 3. The first-order valence-corrected chi connectivity index (χ1v) is 7.33. The fraction of sp³-hybridized carbons (Fsp3) is 0.733. The molecule has 1 aliphatic heterocycles. The minimum absolute atomic E-state index is 0.00887. The third-order valence-corrected chi connectivity index (χ3v) is 3.89. The van der Waals surface area contributed by atoms with E-state index in [9.17, 15) is 4.79 Å². The molecule has 1 aromatic heterocycles. The molecule has 0 aliphatic carbocycles. The van der Waals surface area contributed by atoms with Crippen molar-refractivity contribution in [2.24, 2.45) is 18.9 Å². The second-order valence-corrected chi connectivity index (χ2v) is 6.04. The van der Waals surface area contributed by atoms with E-state index >= 15 is 0 Å². The minimum atomic E-state index is -0.00887. The number of hydrogen-bond acceptors (Lipinski definition) is 3. The quantitative estimate of drug-likeness (QED) is 0.845. The van der Waals surface area contributed by atoms with Crippen LogP contribution in [0, 0.1) is 11.8 Å². The van der Waals surface area contributed by atoms with Gasteiger partial charge in [-0.2, -0.15) is 5.10 Å². The third kappa shape index (κ3) is 3.39. The summed E-state index contributed by atoms with van der Waals surface area (Å²) in [7, 11) is 3.75. The van der Waals surface area contributed by atoms with Gasteiger partial charge in [-0.3, -0.25) is 9.48 Å². The fourth-order valence-corrected chi connectivity index (χ4v) is 2.91. The number of hydrogen-bond donors (Lipinski definition) is 0. The highest BCUT2D eigenvalue weighted by Gasteiger charge is 2.35. The maximum absolute atomic E-state index is 12.6. The number of carbonyl (C=O) groups is 1. The van der Waals surface area contributed by atoms with E-state index in [1.165, 1.54) is 0 Å². The average molecular weight is 279 g/mol. The van der Waals surface area contributed by atoms with Gasteiger partial charge in [0, 0.05) is 39.0 Å². The molecule has 0 radical (unpaired) electrons. The summed E-state index contributed by atoms with van der Waals surface area (Å²) < 4.78 is 7.57. The molecule has 2 heterocycles. The SMILES string of the molecule is CC(C)[C@@H]1OCCC[C@H]1C(=O)N(C)Cc1cnn(C)c1. The molecule has 20 heavy (non-hydrogen) atoms. The van der Waals surface area contributed by atoms with Crippen molar-refractivity contribution in [3.8, 4) is 0 Å². The molecule has 1 fully saturated rings. The average Bonchev–Trinajstić information content (AvgIpc) is 2.83. The molecule has 0 saturated carbocycles. The Hall–Kier alpha value is -1.36. The van der Waals surface area contributed by atoms with Crippen molar-refractivity contribution in [1.82, 2.24) is 14.7 Å². The maximum atomic E-state index is 12.6. The van der Waals surface area contributed by atoms with Crippen LogP contribution in [0.3, 0.4) is 0 Å². The Bertz CT molecular complexity index is 456. The molecule has 2 rings (SSSR count). The first-order chi connectivity index (χ1) is 9.49. The van der Waals surface area contributed by atoms with Crippen LogP contribution in [-0.2, 0) is 23.1 Å². The molecule has 0 unspecified atom stereocenters. The van der Waals surface area contributed by atoms with E-state index in [2.05, 4.69) is 18.9 Å². The van der Waals surface area contributed by atoms with Crippen molar-refractivity contribution >= 4 is 5.91 Å². The summed E-state index contributed by atoms with van der Waals surface area (Å²) in [5, 5.41) is 4.14. The Kier molecular flexibility index (Phi) is 4.81. The van der Waals surface area contributed by atoms with Crippen LogP contribution in [0.1, 0.15) is 32.3 Å². The smallest absolute Gasteiger partial charge is 0.228 e. The van der Waals surface area contributed by atoms with Crippen LogP contribution in [0.5, 0.6) is 0 Å². The first-order valence-electron chi connectivity index (χ1n) is 7.33. The van der Waals surface area contributed by atoms with Gasteiger partial charge < -0.3 is 9.64 Å². The minimum Gasteiger partial charge on any atom is -0.377 e. The van der Waals surface area contributed by atoms with E-state index in [1.54, 1.807) is 15.8 Å². The summed E-state index contributed by atoms with van der Waals surface area (Å²) in [4.78, 5) is 14.4. The van der Waals surface area contributed by atoms with Crippen molar-refractivity contribution in [3.05, 3.63) is 18.0 Å². The molecule has 5 heteroatoms. The van der Waals surface area contributed by atoms with Crippen molar-refractivity contribution < 1.29 is 9.53 Å². The van der Waals surface area contributed by atoms with Crippen LogP contribution in [0.2, 0.25) is 0 Å². The van der Waals surface area contributed by atoms with Gasteiger partial charge in [0.1, 0.15) is 0 Å². The van der Waals surface area contributed by atoms with Gasteiger partial charge in [0.25, 0.3) is 0 Å². The second-order valence-electron chi connectivity index (χ2n) is 6.04. The molecular weight excluding hydrogens is 254 g/mol. The predicted molar refractivity (Wildman–Crippen MR) is 77.0 cm³/mol. The summed E-state index contributed by atoms with van der Waals surface area (Å²) >= 11 is 0. The Balaban J connectivity index is 2.01. The lowest BCUT2D eigenvalue weighted by atomic mass is 9.86. The van der Waals surface area contributed by atoms with E-state index in [1.807, 2.05) is 20.3 Å². The summed E-state index contributed by atoms with van der Waals surface area (Å²) in [5.74, 6) is 0.550. The zero-order valence-electron chi connectivity index (χ0n) is 12.9. The van der Waals surface area contributed by atoms with E-state index in [-0.39, 0.29) is 17.9 Å². The van der Waals surface area contributed by atoms with Gasteiger partial charge in [0.05, 0.1) is 18.2 Å². The zero-order chi connectivity index (χ0) is 14.7. The standard InChI is InChI=1S/C15H25N3O2/c1-11(2)14-13(6-5-7-20-14)15(19)17(3)9-12-8-16-18(4)10-12/h8,10-11,13-14H,5-7,9H2,1-4H3/t13-,14+/m1/s1. The van der Waals surface area contributed by atoms with Gasteiger partial charge in [-0.1, -0.05) is 13.8 Å². The van der Waals surface area contributed by atoms with E-state index < -0.39 is 0 Å². The highest BCUT2D eigenvalue weighted by molar-refractivity contribution is 5.79. The number of ether oxygens (including phenoxy) is 1. The van der Waals surface area contributed by atoms with Crippen LogP contribution in [0.25, 0.3) is 0 Å². The van der Waals surface area contributed by atoms with Crippen LogP contribution < -0.4 is 0 Å². The molecule has 1 saturated heterocycles. The highest BCUT2D eigenvalue weighted by Crippen LogP contribution is 2.28. The molecule has 112 valence electrons. The molecular formula is C15H25N3O2. The molecule has 1 amide bonds. The number of carbonyl (C=O) groups excluding carboxylic acids is 1. The number of rotatable bonds is 4. The second kappa shape index (κ2) is 6.39. The molecule has 0 bridgehead atoms. The van der Waals surface area contributed by atoms with Gasteiger partial charge >= 0.3 is 0 Å². The fourth-order valence-electron chi connectivity index (χ4n) is 2.91. The molecule has 0 N–H and O–H groups in total. The summed E-state index contributed by atoms with van der Waals surface area (Å²) in [6.07, 6.45) is 5.70. The Morgan fingerprint density at radius 1 is 1.60 bits per heavy atom. The van der Waals surface area contributed by atoms with Crippen LogP contribution >= 0.6 is 0 Å². The molecule has 1 aromatic rings. The van der Waals surface area contributed by atoms with Gasteiger partial charge in [-0.15, -0.1) is 0 Å². The van der Waals surface area contributed by atoms with Crippen molar-refractivity contribution in [2.75, 3.05) is 13.7 Å². The lowest BCUT2D eigenvalue weighted by molar-refractivity contribution is -0.147. The Morgan fingerprint density at radius 3 is 2.95 bits per heavy atom. The highest BCUT2D eigenvalue weighted by atomic mass is 16.5. The monoisotopic (exact) mass is 279 g/mol. The lowest BCUT2D eigenvalue weighted by Crippen LogP contribution is -2.44. The topological polar surface area (TPSA) is 47.4 Å². The zero-order valence-corrected chi connectivity index (χ0v) is 12.9. The van der Waals surface area contributed by atoms with Crippen molar-refractivity contribution in [1.29, 1.82) is 0 Å². The third-order valence-electron chi connectivity index (χ3n) is 3.89.